The number of aromatic nitrogens is 3. The van der Waals surface area contributed by atoms with Gasteiger partial charge >= 0.3 is 0 Å². The molecule has 1 saturated carbocycles. The molecule has 2 aromatic rings. The van der Waals surface area contributed by atoms with E-state index in [9.17, 15) is 0 Å². The van der Waals surface area contributed by atoms with Gasteiger partial charge in [-0.2, -0.15) is 0 Å². The van der Waals surface area contributed by atoms with E-state index < -0.39 is 5.66 Å². The number of rotatable bonds is 3. The molecule has 3 heterocycles. The minimum atomic E-state index is -0.627. The number of nitrogens with one attached hydrogen (secondary N) is 2. The number of nitrogens with two attached hydrogens (primary N) is 2. The van der Waals surface area contributed by atoms with Crippen LogP contribution in [0.25, 0.3) is 5.70 Å². The molecule has 1 atom stereocenters. The van der Waals surface area contributed by atoms with Gasteiger partial charge in [-0.15, -0.1) is 0 Å². The van der Waals surface area contributed by atoms with Gasteiger partial charge in [0.15, 0.2) is 5.82 Å². The summed E-state index contributed by atoms with van der Waals surface area (Å²) in [4.78, 5) is 8.58. The lowest BCUT2D eigenvalue weighted by molar-refractivity contribution is 0.239. The molecule has 7 nitrogen and oxygen atoms in total. The van der Waals surface area contributed by atoms with Gasteiger partial charge in [-0.3, -0.25) is 4.98 Å². The van der Waals surface area contributed by atoms with Crippen LogP contribution in [0.2, 0.25) is 0 Å². The smallest absolute Gasteiger partial charge is 0.174 e. The number of nitrogens with zero attached hydrogens (tertiary/aromatic N) is 3. The van der Waals surface area contributed by atoms with E-state index in [-0.39, 0.29) is 0 Å². The van der Waals surface area contributed by atoms with Crippen molar-refractivity contribution in [1.29, 1.82) is 0 Å². The molecule has 0 spiro atoms. The van der Waals surface area contributed by atoms with Crippen molar-refractivity contribution in [1.82, 2.24) is 14.6 Å². The first-order chi connectivity index (χ1) is 11.6. The Morgan fingerprint density at radius 3 is 2.83 bits per heavy atom. The number of fused-ring (bicyclic) bond motifs is 1. The molecule has 0 bridgehead atoms. The van der Waals surface area contributed by atoms with Crippen molar-refractivity contribution < 1.29 is 0 Å². The summed E-state index contributed by atoms with van der Waals surface area (Å²) in [6, 6.07) is 4.17. The van der Waals surface area contributed by atoms with Crippen LogP contribution in [0.4, 0.5) is 5.69 Å². The van der Waals surface area contributed by atoms with Gasteiger partial charge in [0.1, 0.15) is 5.66 Å². The normalized spacial score (nSPS) is 29.3. The minimum absolute atomic E-state index is 0.300. The molecule has 2 aromatic heterocycles. The van der Waals surface area contributed by atoms with Gasteiger partial charge < -0.3 is 22.2 Å². The lowest BCUT2D eigenvalue weighted by Gasteiger charge is -2.42. The molecule has 0 radical (unpaired) electrons. The van der Waals surface area contributed by atoms with Crippen LogP contribution in [0.5, 0.6) is 0 Å². The van der Waals surface area contributed by atoms with E-state index in [2.05, 4.69) is 26.8 Å². The van der Waals surface area contributed by atoms with Gasteiger partial charge in [-0.1, -0.05) is 0 Å². The SMILES string of the molecule is NC1CCC(C2(N)C=C(Nc3cccnc3)c3nccn3N2)CC1. The van der Waals surface area contributed by atoms with Crippen molar-refractivity contribution in [2.75, 3.05) is 10.7 Å². The molecule has 2 aliphatic rings. The number of anilines is 1. The lowest BCUT2D eigenvalue weighted by Crippen LogP contribution is -2.58. The summed E-state index contributed by atoms with van der Waals surface area (Å²) in [5.74, 6) is 1.14. The van der Waals surface area contributed by atoms with Gasteiger partial charge in [0.2, 0.25) is 0 Å². The Balaban J connectivity index is 1.65. The molecule has 1 fully saturated rings. The van der Waals surface area contributed by atoms with E-state index in [1.54, 1.807) is 18.6 Å². The van der Waals surface area contributed by atoms with Crippen molar-refractivity contribution in [2.45, 2.75) is 37.4 Å². The van der Waals surface area contributed by atoms with Crippen LogP contribution >= 0.6 is 0 Å². The molecule has 7 heteroatoms. The summed E-state index contributed by atoms with van der Waals surface area (Å²) in [7, 11) is 0. The topological polar surface area (TPSA) is 107 Å². The van der Waals surface area contributed by atoms with E-state index in [1.807, 2.05) is 23.0 Å². The van der Waals surface area contributed by atoms with Crippen LogP contribution in [0, 0.1) is 5.92 Å². The Kier molecular flexibility index (Phi) is 3.74. The standard InChI is InChI=1S/C17H23N7/c18-13-5-3-12(4-6-13)17(19)10-15(16-21-8-9-24(16)23-17)22-14-2-1-7-20-11-14/h1-2,7-13,22-23H,3-6,18-19H2. The maximum atomic E-state index is 6.76. The van der Waals surface area contributed by atoms with E-state index in [0.717, 1.165) is 42.9 Å². The summed E-state index contributed by atoms with van der Waals surface area (Å²) in [6.07, 6.45) is 13.3. The Morgan fingerprint density at radius 1 is 1.25 bits per heavy atom. The van der Waals surface area contributed by atoms with Gasteiger partial charge in [-0.05, 0) is 43.9 Å². The van der Waals surface area contributed by atoms with Crippen LogP contribution in [-0.4, -0.2) is 26.3 Å². The van der Waals surface area contributed by atoms with E-state index >= 15 is 0 Å². The third-order valence-corrected chi connectivity index (χ3v) is 4.97. The third-order valence-electron chi connectivity index (χ3n) is 4.97. The summed E-state index contributed by atoms with van der Waals surface area (Å²) in [5.41, 5.74) is 17.4. The third kappa shape index (κ3) is 2.76. The Bertz CT molecular complexity index is 730. The number of imidazole rings is 1. The fourth-order valence-corrected chi connectivity index (χ4v) is 3.63. The Hall–Kier alpha value is -2.38. The highest BCUT2D eigenvalue weighted by atomic mass is 15.5. The van der Waals surface area contributed by atoms with Gasteiger partial charge in [-0.25, -0.2) is 9.66 Å². The molecule has 4 rings (SSSR count). The molecule has 0 aromatic carbocycles. The largest absolute Gasteiger partial charge is 0.351 e. The molecule has 1 unspecified atom stereocenters. The summed E-state index contributed by atoms with van der Waals surface area (Å²) in [6.45, 7) is 0. The average Bonchev–Trinajstić information content (AvgIpc) is 3.04. The van der Waals surface area contributed by atoms with Crippen molar-refractivity contribution in [3.63, 3.8) is 0 Å². The highest BCUT2D eigenvalue weighted by Gasteiger charge is 2.39. The van der Waals surface area contributed by atoms with Gasteiger partial charge in [0.25, 0.3) is 0 Å². The molecule has 1 aliphatic heterocycles. The zero-order valence-electron chi connectivity index (χ0n) is 13.5. The van der Waals surface area contributed by atoms with Crippen LogP contribution in [0.1, 0.15) is 31.5 Å². The lowest BCUT2D eigenvalue weighted by atomic mass is 9.78. The first-order valence-electron chi connectivity index (χ1n) is 8.40. The second-order valence-corrected chi connectivity index (χ2v) is 6.70. The van der Waals surface area contributed by atoms with Crippen LogP contribution in [0.15, 0.2) is 43.0 Å². The number of pyridine rings is 1. The number of hydrogen-bond acceptors (Lipinski definition) is 6. The zero-order valence-corrected chi connectivity index (χ0v) is 13.5. The monoisotopic (exact) mass is 325 g/mol. The molecular formula is C17H23N7. The zero-order chi connectivity index (χ0) is 16.6. The fraction of sp³-hybridized carbons (Fsp3) is 0.412. The summed E-state index contributed by atoms with van der Waals surface area (Å²) >= 11 is 0. The van der Waals surface area contributed by atoms with Crippen molar-refractivity contribution in [3.05, 3.63) is 48.8 Å². The van der Waals surface area contributed by atoms with Crippen LogP contribution in [-0.2, 0) is 0 Å². The first-order valence-corrected chi connectivity index (χ1v) is 8.40. The van der Waals surface area contributed by atoms with Crippen molar-refractivity contribution in [2.24, 2.45) is 17.4 Å². The molecule has 6 N–H and O–H groups in total. The highest BCUT2D eigenvalue weighted by molar-refractivity contribution is 5.75. The van der Waals surface area contributed by atoms with Crippen molar-refractivity contribution >= 4 is 11.4 Å². The highest BCUT2D eigenvalue weighted by Crippen LogP contribution is 2.35. The van der Waals surface area contributed by atoms with Crippen molar-refractivity contribution in [3.8, 4) is 0 Å². The average molecular weight is 325 g/mol. The predicted octanol–water partition coefficient (Wildman–Crippen LogP) is 1.46. The molecule has 0 amide bonds. The van der Waals surface area contributed by atoms with Crippen LogP contribution in [0.3, 0.4) is 0 Å². The molecule has 1 aliphatic carbocycles. The maximum Gasteiger partial charge on any atom is 0.174 e. The van der Waals surface area contributed by atoms with Gasteiger partial charge in [0, 0.05) is 30.6 Å². The second kappa shape index (κ2) is 5.92. The van der Waals surface area contributed by atoms with Gasteiger partial charge in [0.05, 0.1) is 17.6 Å². The van der Waals surface area contributed by atoms with Crippen LogP contribution < -0.4 is 22.2 Å². The molecule has 126 valence electrons. The Morgan fingerprint density at radius 2 is 2.08 bits per heavy atom. The number of hydrogen-bond donors (Lipinski definition) is 4. The first kappa shape index (κ1) is 15.2. The van der Waals surface area contributed by atoms with E-state index in [0.29, 0.717) is 12.0 Å². The molecule has 24 heavy (non-hydrogen) atoms. The maximum absolute atomic E-state index is 6.76. The summed E-state index contributed by atoms with van der Waals surface area (Å²) < 4.78 is 1.90. The molecule has 0 saturated heterocycles. The second-order valence-electron chi connectivity index (χ2n) is 6.70. The Labute approximate surface area is 141 Å². The fourth-order valence-electron chi connectivity index (χ4n) is 3.63. The van der Waals surface area contributed by atoms with E-state index in [1.165, 1.54) is 0 Å². The van der Waals surface area contributed by atoms with E-state index in [4.69, 9.17) is 11.5 Å². The minimum Gasteiger partial charge on any atom is -0.351 e. The molecular weight excluding hydrogens is 302 g/mol. The summed E-state index contributed by atoms with van der Waals surface area (Å²) in [5, 5.41) is 3.40. The predicted molar refractivity (Wildman–Crippen MR) is 94.3 cm³/mol. The quantitative estimate of drug-likeness (QED) is 0.681.